The highest BCUT2D eigenvalue weighted by molar-refractivity contribution is 5.89. The van der Waals surface area contributed by atoms with Crippen LogP contribution in [-0.4, -0.2) is 31.6 Å². The molecule has 20 heavy (non-hydrogen) atoms. The van der Waals surface area contributed by atoms with E-state index in [1.165, 1.54) is 0 Å². The summed E-state index contributed by atoms with van der Waals surface area (Å²) in [6.45, 7) is 0.471. The highest BCUT2D eigenvalue weighted by Crippen LogP contribution is 2.17. The molecule has 2 N–H and O–H groups in total. The molecule has 5 heteroatoms. The topological polar surface area (TPSA) is 57.5 Å². The highest BCUT2D eigenvalue weighted by Gasteiger charge is 2.17. The van der Waals surface area contributed by atoms with Crippen LogP contribution in [0.2, 0.25) is 0 Å². The summed E-state index contributed by atoms with van der Waals surface area (Å²) in [5.74, 6) is 0.829. The van der Waals surface area contributed by atoms with Gasteiger partial charge in [0, 0.05) is 12.2 Å². The van der Waals surface area contributed by atoms with Gasteiger partial charge in [-0.25, -0.2) is 4.79 Å². The minimum atomic E-state index is -0.227. The molecule has 2 amide bonds. The van der Waals surface area contributed by atoms with Gasteiger partial charge in [0.15, 0.2) is 0 Å². The van der Waals surface area contributed by atoms with E-state index in [9.17, 15) is 4.79 Å². The van der Waals surface area contributed by atoms with Gasteiger partial charge in [-0.05, 0) is 38.4 Å². The van der Waals surface area contributed by atoms with Crippen molar-refractivity contribution in [1.82, 2.24) is 10.2 Å². The van der Waals surface area contributed by atoms with Crippen LogP contribution in [0.4, 0.5) is 10.5 Å². The van der Waals surface area contributed by atoms with Crippen molar-refractivity contribution >= 4 is 11.7 Å². The Labute approximate surface area is 118 Å². The van der Waals surface area contributed by atoms with Crippen LogP contribution in [0, 0.1) is 0 Å². The van der Waals surface area contributed by atoms with Crippen LogP contribution in [0.25, 0.3) is 0 Å². The predicted octanol–water partition coefficient (Wildman–Crippen LogP) is 2.70. The zero-order valence-electron chi connectivity index (χ0n) is 11.7. The van der Waals surface area contributed by atoms with Gasteiger partial charge in [0.1, 0.15) is 5.76 Å². The number of furan rings is 1. The van der Waals surface area contributed by atoms with Crippen LogP contribution in [-0.2, 0) is 0 Å². The number of amides is 2. The predicted molar refractivity (Wildman–Crippen MR) is 78.6 cm³/mol. The molecule has 5 nitrogen and oxygen atoms in total. The lowest BCUT2D eigenvalue weighted by Gasteiger charge is -2.22. The van der Waals surface area contributed by atoms with Gasteiger partial charge in [-0.3, -0.25) is 4.90 Å². The minimum absolute atomic E-state index is 0.00604. The number of carbonyl (C=O) groups excluding carboxylic acids is 1. The molecule has 1 heterocycles. The minimum Gasteiger partial charge on any atom is -0.468 e. The lowest BCUT2D eigenvalue weighted by molar-refractivity contribution is 0.233. The van der Waals surface area contributed by atoms with Crippen LogP contribution in [0.15, 0.2) is 53.1 Å². The molecule has 1 atom stereocenters. The standard InChI is InChI=1S/C15H19N3O2/c1-18(2)13(14-9-6-10-20-14)11-16-15(19)17-12-7-4-3-5-8-12/h3-10,13H,11H2,1-2H3,(H2,16,17,19)/t13-/m0/s1. The van der Waals surface area contributed by atoms with Crippen molar-refractivity contribution in [3.63, 3.8) is 0 Å². The summed E-state index contributed by atoms with van der Waals surface area (Å²) in [5, 5.41) is 5.63. The van der Waals surface area contributed by atoms with Gasteiger partial charge >= 0.3 is 6.03 Å². The van der Waals surface area contributed by atoms with Gasteiger partial charge in [0.2, 0.25) is 0 Å². The zero-order valence-corrected chi connectivity index (χ0v) is 11.7. The fraction of sp³-hybridized carbons (Fsp3) is 0.267. The van der Waals surface area contributed by atoms with E-state index in [1.807, 2.05) is 61.5 Å². The molecule has 0 spiro atoms. The maximum Gasteiger partial charge on any atom is 0.319 e. The third kappa shape index (κ3) is 3.86. The van der Waals surface area contributed by atoms with Crippen molar-refractivity contribution in [2.24, 2.45) is 0 Å². The number of hydrogen-bond acceptors (Lipinski definition) is 3. The van der Waals surface area contributed by atoms with Crippen molar-refractivity contribution in [2.75, 3.05) is 26.0 Å². The molecule has 1 aromatic carbocycles. The van der Waals surface area contributed by atoms with Crippen LogP contribution in [0.3, 0.4) is 0 Å². The second kappa shape index (κ2) is 6.77. The Morgan fingerprint density at radius 3 is 2.55 bits per heavy atom. The summed E-state index contributed by atoms with van der Waals surface area (Å²) < 4.78 is 5.39. The Balaban J connectivity index is 1.88. The summed E-state index contributed by atoms with van der Waals surface area (Å²) >= 11 is 0. The zero-order chi connectivity index (χ0) is 14.4. The average Bonchev–Trinajstić information content (AvgIpc) is 2.93. The van der Waals surface area contributed by atoms with Crippen molar-refractivity contribution in [3.8, 4) is 0 Å². The molecule has 0 aliphatic heterocycles. The smallest absolute Gasteiger partial charge is 0.319 e. The second-order valence-electron chi connectivity index (χ2n) is 4.70. The Hall–Kier alpha value is -2.27. The molecule has 2 rings (SSSR count). The summed E-state index contributed by atoms with van der Waals surface area (Å²) in [4.78, 5) is 13.8. The number of likely N-dealkylation sites (N-methyl/N-ethyl adjacent to an activating group) is 1. The number of carbonyl (C=O) groups is 1. The summed E-state index contributed by atoms with van der Waals surface area (Å²) in [5.41, 5.74) is 0.768. The maximum atomic E-state index is 11.8. The number of anilines is 1. The van der Waals surface area contributed by atoms with Crippen molar-refractivity contribution < 1.29 is 9.21 Å². The monoisotopic (exact) mass is 273 g/mol. The number of benzene rings is 1. The fourth-order valence-electron chi connectivity index (χ4n) is 1.90. The van der Waals surface area contributed by atoms with Gasteiger partial charge < -0.3 is 15.1 Å². The molecular weight excluding hydrogens is 254 g/mol. The first-order valence-corrected chi connectivity index (χ1v) is 6.46. The molecule has 0 radical (unpaired) electrons. The normalized spacial score (nSPS) is 12.2. The van der Waals surface area contributed by atoms with E-state index in [0.29, 0.717) is 6.54 Å². The van der Waals surface area contributed by atoms with E-state index in [1.54, 1.807) is 6.26 Å². The number of nitrogens with one attached hydrogen (secondary N) is 2. The molecule has 0 fully saturated rings. The third-order valence-corrected chi connectivity index (χ3v) is 2.98. The van der Waals surface area contributed by atoms with Gasteiger partial charge in [-0.1, -0.05) is 18.2 Å². The number of hydrogen-bond donors (Lipinski definition) is 2. The number of nitrogens with zero attached hydrogens (tertiary/aromatic N) is 1. The van der Waals surface area contributed by atoms with Crippen molar-refractivity contribution in [1.29, 1.82) is 0 Å². The maximum absolute atomic E-state index is 11.8. The Morgan fingerprint density at radius 2 is 1.95 bits per heavy atom. The third-order valence-electron chi connectivity index (χ3n) is 2.98. The van der Waals surface area contributed by atoms with Gasteiger partial charge in [0.25, 0.3) is 0 Å². The Kier molecular flexibility index (Phi) is 4.79. The number of rotatable bonds is 5. The average molecular weight is 273 g/mol. The van der Waals surface area contributed by atoms with E-state index in [0.717, 1.165) is 11.4 Å². The summed E-state index contributed by atoms with van der Waals surface area (Å²) in [7, 11) is 3.90. The van der Waals surface area contributed by atoms with Crippen LogP contribution in [0.1, 0.15) is 11.8 Å². The SMILES string of the molecule is CN(C)[C@@H](CNC(=O)Nc1ccccc1)c1ccco1. The van der Waals surface area contributed by atoms with Crippen LogP contribution in [0.5, 0.6) is 0 Å². The summed E-state index contributed by atoms with van der Waals surface area (Å²) in [6.07, 6.45) is 1.63. The molecule has 0 unspecified atom stereocenters. The molecule has 0 saturated carbocycles. The number of urea groups is 1. The van der Waals surface area contributed by atoms with Crippen LogP contribution >= 0.6 is 0 Å². The Bertz CT molecular complexity index is 523. The molecule has 0 saturated heterocycles. The molecule has 2 aromatic rings. The fourth-order valence-corrected chi connectivity index (χ4v) is 1.90. The van der Waals surface area contributed by atoms with Crippen LogP contribution < -0.4 is 10.6 Å². The first-order chi connectivity index (χ1) is 9.66. The van der Waals surface area contributed by atoms with E-state index >= 15 is 0 Å². The molecular formula is C15H19N3O2. The molecule has 1 aromatic heterocycles. The Morgan fingerprint density at radius 1 is 1.20 bits per heavy atom. The van der Waals surface area contributed by atoms with Gasteiger partial charge in [-0.2, -0.15) is 0 Å². The molecule has 106 valence electrons. The summed E-state index contributed by atoms with van der Waals surface area (Å²) in [6, 6.07) is 12.9. The lowest BCUT2D eigenvalue weighted by atomic mass is 10.2. The van der Waals surface area contributed by atoms with E-state index in [2.05, 4.69) is 10.6 Å². The quantitative estimate of drug-likeness (QED) is 0.880. The number of para-hydroxylation sites is 1. The van der Waals surface area contributed by atoms with E-state index in [4.69, 9.17) is 4.42 Å². The van der Waals surface area contributed by atoms with Crippen molar-refractivity contribution in [3.05, 3.63) is 54.5 Å². The first-order valence-electron chi connectivity index (χ1n) is 6.46. The second-order valence-corrected chi connectivity index (χ2v) is 4.70. The first kappa shape index (κ1) is 14.1. The highest BCUT2D eigenvalue weighted by atomic mass is 16.3. The molecule has 0 aliphatic carbocycles. The molecule has 0 aliphatic rings. The van der Waals surface area contributed by atoms with E-state index < -0.39 is 0 Å². The molecule has 0 bridgehead atoms. The largest absolute Gasteiger partial charge is 0.468 e. The van der Waals surface area contributed by atoms with Gasteiger partial charge in [0.05, 0.1) is 12.3 Å². The lowest BCUT2D eigenvalue weighted by Crippen LogP contribution is -2.36. The van der Waals surface area contributed by atoms with Gasteiger partial charge in [-0.15, -0.1) is 0 Å². The van der Waals surface area contributed by atoms with E-state index in [-0.39, 0.29) is 12.1 Å². The van der Waals surface area contributed by atoms with Crippen molar-refractivity contribution in [2.45, 2.75) is 6.04 Å².